The lowest BCUT2D eigenvalue weighted by molar-refractivity contribution is -0.127. The molecule has 2 N–H and O–H groups in total. The van der Waals surface area contributed by atoms with Gasteiger partial charge < -0.3 is 15.5 Å². The van der Waals surface area contributed by atoms with Crippen molar-refractivity contribution in [3.63, 3.8) is 0 Å². The Kier molecular flexibility index (Phi) is 4.36. The summed E-state index contributed by atoms with van der Waals surface area (Å²) in [7, 11) is 0. The normalized spacial score (nSPS) is 24.4. The van der Waals surface area contributed by atoms with Gasteiger partial charge in [0.1, 0.15) is 0 Å². The van der Waals surface area contributed by atoms with Gasteiger partial charge in [0.2, 0.25) is 11.8 Å². The Hall–Kier alpha value is -1.10. The Morgan fingerprint density at radius 1 is 1.47 bits per heavy atom. The van der Waals surface area contributed by atoms with Gasteiger partial charge in [0, 0.05) is 26.1 Å². The van der Waals surface area contributed by atoms with Crippen LogP contribution in [0.15, 0.2) is 0 Å². The highest BCUT2D eigenvalue weighted by molar-refractivity contribution is 5.82. The summed E-state index contributed by atoms with van der Waals surface area (Å²) in [6, 6.07) is 0.00317. The molecule has 2 fully saturated rings. The number of amides is 2. The highest BCUT2D eigenvalue weighted by Crippen LogP contribution is 2.09. The van der Waals surface area contributed by atoms with E-state index in [1.165, 1.54) is 0 Å². The SMILES string of the molecule is O=C(NCCCN1CCCC1=O)[C@@H]1CCCN1. The molecule has 2 amide bonds. The number of nitrogens with zero attached hydrogens (tertiary/aromatic N) is 1. The lowest BCUT2D eigenvalue weighted by Crippen LogP contribution is -2.41. The van der Waals surface area contributed by atoms with E-state index in [4.69, 9.17) is 0 Å². The van der Waals surface area contributed by atoms with E-state index in [1.807, 2.05) is 4.90 Å². The molecule has 0 spiro atoms. The van der Waals surface area contributed by atoms with Crippen molar-refractivity contribution in [2.24, 2.45) is 0 Å². The van der Waals surface area contributed by atoms with E-state index in [1.54, 1.807) is 0 Å². The molecule has 0 unspecified atom stereocenters. The molecule has 0 aliphatic carbocycles. The van der Waals surface area contributed by atoms with Gasteiger partial charge in [0.25, 0.3) is 0 Å². The lowest BCUT2D eigenvalue weighted by atomic mass is 10.2. The zero-order valence-corrected chi connectivity index (χ0v) is 10.2. The number of rotatable bonds is 5. The van der Waals surface area contributed by atoms with E-state index in [-0.39, 0.29) is 17.9 Å². The summed E-state index contributed by atoms with van der Waals surface area (Å²) in [5, 5.41) is 6.09. The zero-order valence-electron chi connectivity index (χ0n) is 10.2. The van der Waals surface area contributed by atoms with Crippen LogP contribution in [0.3, 0.4) is 0 Å². The molecular weight excluding hydrogens is 218 g/mol. The highest BCUT2D eigenvalue weighted by atomic mass is 16.2. The first-order valence-electron chi connectivity index (χ1n) is 6.56. The third-order valence-corrected chi connectivity index (χ3v) is 3.45. The number of carbonyl (C=O) groups excluding carboxylic acids is 2. The number of hydrogen-bond acceptors (Lipinski definition) is 3. The standard InChI is InChI=1S/C12H21N3O2/c16-11-5-2-8-15(11)9-3-7-14-12(17)10-4-1-6-13-10/h10,13H,1-9H2,(H,14,17)/t10-/m0/s1. The summed E-state index contributed by atoms with van der Waals surface area (Å²) in [4.78, 5) is 24.9. The summed E-state index contributed by atoms with van der Waals surface area (Å²) in [6.07, 6.45) is 4.55. The van der Waals surface area contributed by atoms with Crippen molar-refractivity contribution < 1.29 is 9.59 Å². The van der Waals surface area contributed by atoms with Gasteiger partial charge in [-0.2, -0.15) is 0 Å². The Morgan fingerprint density at radius 3 is 3.00 bits per heavy atom. The second-order valence-electron chi connectivity index (χ2n) is 4.78. The van der Waals surface area contributed by atoms with Crippen molar-refractivity contribution in [2.45, 2.75) is 38.1 Å². The minimum Gasteiger partial charge on any atom is -0.355 e. The average molecular weight is 239 g/mol. The maximum atomic E-state index is 11.7. The molecule has 0 aromatic heterocycles. The monoisotopic (exact) mass is 239 g/mol. The largest absolute Gasteiger partial charge is 0.355 e. The number of nitrogens with one attached hydrogen (secondary N) is 2. The van der Waals surface area contributed by atoms with Crippen LogP contribution < -0.4 is 10.6 Å². The molecule has 0 bridgehead atoms. The molecule has 2 aliphatic heterocycles. The van der Waals surface area contributed by atoms with Crippen LogP contribution >= 0.6 is 0 Å². The summed E-state index contributed by atoms with van der Waals surface area (Å²) < 4.78 is 0. The van der Waals surface area contributed by atoms with Crippen molar-refractivity contribution in [3.05, 3.63) is 0 Å². The Bertz CT molecular complexity index is 287. The fourth-order valence-electron chi connectivity index (χ4n) is 2.45. The third kappa shape index (κ3) is 3.43. The predicted molar refractivity (Wildman–Crippen MR) is 64.5 cm³/mol. The molecule has 1 atom stereocenters. The van der Waals surface area contributed by atoms with Crippen LogP contribution in [0.25, 0.3) is 0 Å². The summed E-state index contributed by atoms with van der Waals surface area (Å²) in [5.74, 6) is 0.365. The van der Waals surface area contributed by atoms with E-state index in [0.29, 0.717) is 13.0 Å². The molecule has 96 valence electrons. The minimum atomic E-state index is 0.00317. The molecule has 0 radical (unpaired) electrons. The Labute approximate surface area is 102 Å². The van der Waals surface area contributed by atoms with Crippen LogP contribution in [0.4, 0.5) is 0 Å². The van der Waals surface area contributed by atoms with E-state index < -0.39 is 0 Å². The van der Waals surface area contributed by atoms with Gasteiger partial charge in [-0.1, -0.05) is 0 Å². The lowest BCUT2D eigenvalue weighted by Gasteiger charge is -2.16. The van der Waals surface area contributed by atoms with Gasteiger partial charge in [0.05, 0.1) is 6.04 Å². The molecule has 2 aliphatic rings. The number of likely N-dealkylation sites (tertiary alicyclic amines) is 1. The van der Waals surface area contributed by atoms with Crippen LogP contribution in [-0.2, 0) is 9.59 Å². The first kappa shape index (κ1) is 12.4. The van der Waals surface area contributed by atoms with Crippen molar-refractivity contribution in [3.8, 4) is 0 Å². The maximum Gasteiger partial charge on any atom is 0.237 e. The van der Waals surface area contributed by atoms with Gasteiger partial charge in [-0.05, 0) is 32.2 Å². The quantitative estimate of drug-likeness (QED) is 0.657. The first-order chi connectivity index (χ1) is 8.27. The van der Waals surface area contributed by atoms with Crippen LogP contribution in [-0.4, -0.2) is 48.9 Å². The van der Waals surface area contributed by atoms with Crippen molar-refractivity contribution in [1.82, 2.24) is 15.5 Å². The van der Waals surface area contributed by atoms with Gasteiger partial charge in [-0.25, -0.2) is 0 Å². The third-order valence-electron chi connectivity index (χ3n) is 3.45. The second kappa shape index (κ2) is 6.00. The molecule has 2 saturated heterocycles. The van der Waals surface area contributed by atoms with Crippen LogP contribution in [0.1, 0.15) is 32.1 Å². The van der Waals surface area contributed by atoms with Crippen LogP contribution in [0, 0.1) is 0 Å². The summed E-state index contributed by atoms with van der Waals surface area (Å²) >= 11 is 0. The summed E-state index contributed by atoms with van der Waals surface area (Å²) in [5.41, 5.74) is 0. The van der Waals surface area contributed by atoms with Crippen LogP contribution in [0.5, 0.6) is 0 Å². The molecule has 0 aromatic rings. The molecule has 2 rings (SSSR count). The molecule has 2 heterocycles. The van der Waals surface area contributed by atoms with Gasteiger partial charge in [0.15, 0.2) is 0 Å². The van der Waals surface area contributed by atoms with Gasteiger partial charge in [-0.3, -0.25) is 9.59 Å². The van der Waals surface area contributed by atoms with E-state index in [2.05, 4.69) is 10.6 Å². The summed E-state index contributed by atoms with van der Waals surface area (Å²) in [6.45, 7) is 3.27. The first-order valence-corrected chi connectivity index (χ1v) is 6.56. The zero-order chi connectivity index (χ0) is 12.1. The van der Waals surface area contributed by atoms with Crippen molar-refractivity contribution in [1.29, 1.82) is 0 Å². The molecule has 0 aromatic carbocycles. The van der Waals surface area contributed by atoms with Gasteiger partial charge in [-0.15, -0.1) is 0 Å². The molecule has 5 nitrogen and oxygen atoms in total. The maximum absolute atomic E-state index is 11.7. The Balaban J connectivity index is 1.56. The smallest absolute Gasteiger partial charge is 0.237 e. The van der Waals surface area contributed by atoms with E-state index >= 15 is 0 Å². The van der Waals surface area contributed by atoms with E-state index in [9.17, 15) is 9.59 Å². The number of hydrogen-bond donors (Lipinski definition) is 2. The number of carbonyl (C=O) groups is 2. The van der Waals surface area contributed by atoms with E-state index in [0.717, 1.165) is 45.3 Å². The molecule has 17 heavy (non-hydrogen) atoms. The molecular formula is C12H21N3O2. The molecule has 0 saturated carbocycles. The van der Waals surface area contributed by atoms with Crippen molar-refractivity contribution in [2.75, 3.05) is 26.2 Å². The Morgan fingerprint density at radius 2 is 2.35 bits per heavy atom. The minimum absolute atomic E-state index is 0.00317. The topological polar surface area (TPSA) is 61.4 Å². The molecule has 5 heteroatoms. The van der Waals surface area contributed by atoms with Gasteiger partial charge >= 0.3 is 0 Å². The second-order valence-corrected chi connectivity index (χ2v) is 4.78. The van der Waals surface area contributed by atoms with Crippen molar-refractivity contribution >= 4 is 11.8 Å². The fraction of sp³-hybridized carbons (Fsp3) is 0.833. The average Bonchev–Trinajstić information content (AvgIpc) is 2.96. The predicted octanol–water partition coefficient (Wildman–Crippen LogP) is -0.133. The fourth-order valence-corrected chi connectivity index (χ4v) is 2.45. The highest BCUT2D eigenvalue weighted by Gasteiger charge is 2.22. The van der Waals surface area contributed by atoms with Crippen LogP contribution in [0.2, 0.25) is 0 Å².